The molecule has 1 amide bonds. The fraction of sp³-hybridized carbons (Fsp3) is 0.615. The molecule has 0 spiro atoms. The molecule has 3 heterocycles. The summed E-state index contributed by atoms with van der Waals surface area (Å²) in [6.07, 6.45) is -0.350. The first kappa shape index (κ1) is 14.5. The van der Waals surface area contributed by atoms with E-state index in [4.69, 9.17) is 9.26 Å². The Hall–Kier alpha value is -2.45. The fourth-order valence-corrected chi connectivity index (χ4v) is 2.19. The van der Waals surface area contributed by atoms with Gasteiger partial charge in [-0.15, -0.1) is 10.2 Å². The SMILES string of the molecule is Cc1noc(-c2nnc3n2CCN(C(=O)OC(C)(C)C)C3)n1. The maximum Gasteiger partial charge on any atom is 0.410 e. The summed E-state index contributed by atoms with van der Waals surface area (Å²) >= 11 is 0. The molecular weight excluding hydrogens is 288 g/mol. The van der Waals surface area contributed by atoms with Gasteiger partial charge in [-0.25, -0.2) is 4.79 Å². The van der Waals surface area contributed by atoms with Gasteiger partial charge in [0.1, 0.15) is 5.60 Å². The van der Waals surface area contributed by atoms with Crippen LogP contribution in [0.2, 0.25) is 0 Å². The molecule has 2 aromatic heterocycles. The Morgan fingerprint density at radius 1 is 1.27 bits per heavy atom. The van der Waals surface area contributed by atoms with Gasteiger partial charge in [0.2, 0.25) is 5.82 Å². The molecule has 0 N–H and O–H groups in total. The summed E-state index contributed by atoms with van der Waals surface area (Å²) < 4.78 is 12.4. The molecule has 0 saturated carbocycles. The third-order valence-corrected chi connectivity index (χ3v) is 3.12. The molecule has 1 aliphatic rings. The zero-order valence-corrected chi connectivity index (χ0v) is 13.0. The van der Waals surface area contributed by atoms with E-state index in [1.807, 2.05) is 25.3 Å². The van der Waals surface area contributed by atoms with Crippen LogP contribution < -0.4 is 0 Å². The maximum absolute atomic E-state index is 12.1. The van der Waals surface area contributed by atoms with Gasteiger partial charge in [0.15, 0.2) is 11.6 Å². The molecule has 0 atom stereocenters. The third-order valence-electron chi connectivity index (χ3n) is 3.12. The number of aryl methyl sites for hydroxylation is 1. The quantitative estimate of drug-likeness (QED) is 0.784. The lowest BCUT2D eigenvalue weighted by molar-refractivity contribution is 0.0195. The van der Waals surface area contributed by atoms with Gasteiger partial charge in [-0.2, -0.15) is 4.98 Å². The lowest BCUT2D eigenvalue weighted by atomic mass is 10.2. The van der Waals surface area contributed by atoms with E-state index in [0.29, 0.717) is 43.0 Å². The van der Waals surface area contributed by atoms with Crippen molar-refractivity contribution in [3.8, 4) is 11.7 Å². The largest absolute Gasteiger partial charge is 0.444 e. The summed E-state index contributed by atoms with van der Waals surface area (Å²) in [5.41, 5.74) is -0.519. The molecule has 9 nitrogen and oxygen atoms in total. The molecule has 9 heteroatoms. The highest BCUT2D eigenvalue weighted by Gasteiger charge is 2.29. The van der Waals surface area contributed by atoms with Crippen molar-refractivity contribution >= 4 is 6.09 Å². The van der Waals surface area contributed by atoms with Crippen LogP contribution in [0.1, 0.15) is 32.4 Å². The molecule has 0 aromatic carbocycles. The van der Waals surface area contributed by atoms with Crippen LogP contribution in [-0.4, -0.2) is 48.0 Å². The Morgan fingerprint density at radius 2 is 2.05 bits per heavy atom. The van der Waals surface area contributed by atoms with Crippen molar-refractivity contribution in [2.75, 3.05) is 6.54 Å². The zero-order chi connectivity index (χ0) is 15.9. The van der Waals surface area contributed by atoms with E-state index < -0.39 is 5.60 Å². The van der Waals surface area contributed by atoms with Crippen LogP contribution in [-0.2, 0) is 17.8 Å². The van der Waals surface area contributed by atoms with Gasteiger partial charge in [0.25, 0.3) is 5.89 Å². The molecule has 118 valence electrons. The Bertz CT molecular complexity index is 699. The molecule has 0 unspecified atom stereocenters. The lowest BCUT2D eigenvalue weighted by Gasteiger charge is -2.30. The maximum atomic E-state index is 12.1. The molecule has 2 aromatic rings. The van der Waals surface area contributed by atoms with Crippen molar-refractivity contribution in [1.29, 1.82) is 0 Å². The van der Waals surface area contributed by atoms with Gasteiger partial charge in [0.05, 0.1) is 6.54 Å². The highest BCUT2D eigenvalue weighted by Crippen LogP contribution is 2.21. The van der Waals surface area contributed by atoms with E-state index in [1.54, 1.807) is 11.8 Å². The number of nitrogens with zero attached hydrogens (tertiary/aromatic N) is 6. The Balaban J connectivity index is 1.78. The summed E-state index contributed by atoms with van der Waals surface area (Å²) in [5, 5.41) is 11.9. The van der Waals surface area contributed by atoms with Crippen LogP contribution in [0.25, 0.3) is 11.7 Å². The van der Waals surface area contributed by atoms with E-state index in [9.17, 15) is 4.79 Å². The molecule has 0 saturated heterocycles. The van der Waals surface area contributed by atoms with Crippen LogP contribution in [0.15, 0.2) is 4.52 Å². The minimum absolute atomic E-state index is 0.335. The van der Waals surface area contributed by atoms with Crippen LogP contribution in [0, 0.1) is 6.92 Å². The summed E-state index contributed by atoms with van der Waals surface area (Å²) in [6, 6.07) is 0. The number of aromatic nitrogens is 5. The van der Waals surface area contributed by atoms with E-state index in [1.165, 1.54) is 0 Å². The van der Waals surface area contributed by atoms with Crippen molar-refractivity contribution in [2.45, 2.75) is 46.4 Å². The molecule has 22 heavy (non-hydrogen) atoms. The first-order valence-electron chi connectivity index (χ1n) is 7.04. The van der Waals surface area contributed by atoms with Crippen molar-refractivity contribution in [2.24, 2.45) is 0 Å². The Morgan fingerprint density at radius 3 is 2.68 bits per heavy atom. The topological polar surface area (TPSA) is 99.2 Å². The number of carbonyl (C=O) groups excluding carboxylic acids is 1. The summed E-state index contributed by atoms with van der Waals surface area (Å²) in [4.78, 5) is 17.9. The van der Waals surface area contributed by atoms with E-state index >= 15 is 0 Å². The van der Waals surface area contributed by atoms with Crippen LogP contribution in [0.4, 0.5) is 4.79 Å². The second kappa shape index (κ2) is 5.08. The standard InChI is InChI=1S/C13H18N6O3/c1-8-14-11(22-17-8)10-16-15-9-7-18(5-6-19(9)10)12(20)21-13(2,3)4/h5-7H2,1-4H3. The van der Waals surface area contributed by atoms with Crippen LogP contribution in [0.3, 0.4) is 0 Å². The predicted molar refractivity (Wildman–Crippen MR) is 74.7 cm³/mol. The van der Waals surface area contributed by atoms with Gasteiger partial charge in [0, 0.05) is 13.1 Å². The van der Waals surface area contributed by atoms with Crippen molar-refractivity contribution in [3.63, 3.8) is 0 Å². The van der Waals surface area contributed by atoms with E-state index in [2.05, 4.69) is 20.3 Å². The highest BCUT2D eigenvalue weighted by atomic mass is 16.6. The third kappa shape index (κ3) is 2.78. The summed E-state index contributed by atoms with van der Waals surface area (Å²) in [6.45, 7) is 8.67. The van der Waals surface area contributed by atoms with Crippen LogP contribution in [0.5, 0.6) is 0 Å². The average Bonchev–Trinajstić information content (AvgIpc) is 3.01. The van der Waals surface area contributed by atoms with Gasteiger partial charge < -0.3 is 13.8 Å². The minimum Gasteiger partial charge on any atom is -0.444 e. The van der Waals surface area contributed by atoms with Gasteiger partial charge >= 0.3 is 6.09 Å². The van der Waals surface area contributed by atoms with Crippen molar-refractivity contribution in [1.82, 2.24) is 29.8 Å². The number of amides is 1. The van der Waals surface area contributed by atoms with Gasteiger partial charge in [-0.3, -0.25) is 4.90 Å². The first-order valence-corrected chi connectivity index (χ1v) is 7.04. The van der Waals surface area contributed by atoms with Crippen molar-refractivity contribution in [3.05, 3.63) is 11.6 Å². The number of fused-ring (bicyclic) bond motifs is 1. The predicted octanol–water partition coefficient (Wildman–Crippen LogP) is 1.39. The second-order valence-electron chi connectivity index (χ2n) is 6.14. The number of hydrogen-bond acceptors (Lipinski definition) is 7. The summed E-state index contributed by atoms with van der Waals surface area (Å²) in [5.74, 6) is 2.07. The summed E-state index contributed by atoms with van der Waals surface area (Å²) in [7, 11) is 0. The lowest BCUT2D eigenvalue weighted by Crippen LogP contribution is -2.41. The number of ether oxygens (including phenoxy) is 1. The zero-order valence-electron chi connectivity index (χ0n) is 13.0. The molecule has 1 aliphatic heterocycles. The van der Waals surface area contributed by atoms with Gasteiger partial charge in [-0.1, -0.05) is 5.16 Å². The average molecular weight is 306 g/mol. The molecule has 0 bridgehead atoms. The normalized spacial score (nSPS) is 14.8. The fourth-order valence-electron chi connectivity index (χ4n) is 2.19. The molecular formula is C13H18N6O3. The van der Waals surface area contributed by atoms with Gasteiger partial charge in [-0.05, 0) is 27.7 Å². The Labute approximate surface area is 127 Å². The molecule has 0 fully saturated rings. The first-order chi connectivity index (χ1) is 10.3. The van der Waals surface area contributed by atoms with E-state index in [0.717, 1.165) is 0 Å². The minimum atomic E-state index is -0.519. The molecule has 0 radical (unpaired) electrons. The number of hydrogen-bond donors (Lipinski definition) is 0. The van der Waals surface area contributed by atoms with Crippen LogP contribution >= 0.6 is 0 Å². The number of rotatable bonds is 1. The molecule has 3 rings (SSSR count). The Kier molecular flexibility index (Phi) is 3.34. The number of carbonyl (C=O) groups is 1. The van der Waals surface area contributed by atoms with Crippen molar-refractivity contribution < 1.29 is 14.1 Å². The monoisotopic (exact) mass is 306 g/mol. The second-order valence-corrected chi connectivity index (χ2v) is 6.14. The smallest absolute Gasteiger partial charge is 0.410 e. The molecule has 0 aliphatic carbocycles. The highest BCUT2D eigenvalue weighted by molar-refractivity contribution is 5.68. The van der Waals surface area contributed by atoms with E-state index in [-0.39, 0.29) is 6.09 Å².